The fourth-order valence-corrected chi connectivity index (χ4v) is 1.93. The van der Waals surface area contributed by atoms with E-state index in [0.29, 0.717) is 12.3 Å². The van der Waals surface area contributed by atoms with Gasteiger partial charge in [-0.25, -0.2) is 0 Å². The maximum Gasteiger partial charge on any atom is 0.221 e. The first kappa shape index (κ1) is 17.0. The number of nitrogens with one attached hydrogen (secondary N) is 2. The maximum absolute atomic E-state index is 11.5. The molecular weight excluding hydrogens is 272 g/mol. The predicted octanol–water partition coefficient (Wildman–Crippen LogP) is 3.02. The van der Waals surface area contributed by atoms with Gasteiger partial charge < -0.3 is 10.6 Å². The van der Waals surface area contributed by atoms with Gasteiger partial charge in [-0.2, -0.15) is 0 Å². The molecule has 0 fully saturated rings. The highest BCUT2D eigenvalue weighted by Gasteiger charge is 2.01. The SMILES string of the molecule is CC(C)CCNC(=O)CCNCCc1ccc(Cl)cc1. The molecule has 1 rings (SSSR count). The molecule has 0 aliphatic carbocycles. The molecule has 3 nitrogen and oxygen atoms in total. The van der Waals surface area contributed by atoms with Crippen LogP contribution >= 0.6 is 11.6 Å². The van der Waals surface area contributed by atoms with Gasteiger partial charge in [-0.15, -0.1) is 0 Å². The van der Waals surface area contributed by atoms with Crippen LogP contribution in [0.15, 0.2) is 24.3 Å². The first-order chi connectivity index (χ1) is 9.58. The lowest BCUT2D eigenvalue weighted by Crippen LogP contribution is -2.29. The molecule has 0 aliphatic rings. The Morgan fingerprint density at radius 2 is 1.85 bits per heavy atom. The van der Waals surface area contributed by atoms with Gasteiger partial charge in [0.05, 0.1) is 0 Å². The summed E-state index contributed by atoms with van der Waals surface area (Å²) < 4.78 is 0. The second-order valence-electron chi connectivity index (χ2n) is 5.41. The van der Waals surface area contributed by atoms with E-state index in [9.17, 15) is 4.79 Å². The Balaban J connectivity index is 2.01. The van der Waals surface area contributed by atoms with E-state index >= 15 is 0 Å². The molecule has 1 amide bonds. The molecule has 0 aromatic heterocycles. The summed E-state index contributed by atoms with van der Waals surface area (Å²) in [7, 11) is 0. The van der Waals surface area contributed by atoms with Crippen molar-refractivity contribution in [2.24, 2.45) is 5.92 Å². The summed E-state index contributed by atoms with van der Waals surface area (Å²) in [6, 6.07) is 7.86. The average Bonchev–Trinajstić information content (AvgIpc) is 2.40. The highest BCUT2D eigenvalue weighted by molar-refractivity contribution is 6.30. The van der Waals surface area contributed by atoms with Crippen LogP contribution in [0, 0.1) is 5.92 Å². The standard InChI is InChI=1S/C16H25ClN2O/c1-13(2)7-12-19-16(20)9-11-18-10-8-14-3-5-15(17)6-4-14/h3-6,13,18H,7-12H2,1-2H3,(H,19,20). The molecule has 0 radical (unpaired) electrons. The van der Waals surface area contributed by atoms with E-state index in [1.54, 1.807) is 0 Å². The van der Waals surface area contributed by atoms with Gasteiger partial charge in [0, 0.05) is 24.5 Å². The normalized spacial score (nSPS) is 10.8. The molecule has 0 aliphatic heterocycles. The van der Waals surface area contributed by atoms with Crippen LogP contribution in [0.4, 0.5) is 0 Å². The number of hydrogen-bond donors (Lipinski definition) is 2. The van der Waals surface area contributed by atoms with E-state index in [2.05, 4.69) is 24.5 Å². The largest absolute Gasteiger partial charge is 0.356 e. The van der Waals surface area contributed by atoms with Gasteiger partial charge in [0.2, 0.25) is 5.91 Å². The zero-order valence-electron chi connectivity index (χ0n) is 12.4. The quantitative estimate of drug-likeness (QED) is 0.688. The summed E-state index contributed by atoms with van der Waals surface area (Å²) >= 11 is 5.83. The molecule has 0 unspecified atom stereocenters. The van der Waals surface area contributed by atoms with Crippen molar-refractivity contribution in [2.45, 2.75) is 33.1 Å². The van der Waals surface area contributed by atoms with Crippen LogP contribution in [0.5, 0.6) is 0 Å². The molecule has 0 saturated carbocycles. The van der Waals surface area contributed by atoms with Crippen molar-refractivity contribution in [1.82, 2.24) is 10.6 Å². The Labute approximate surface area is 127 Å². The summed E-state index contributed by atoms with van der Waals surface area (Å²) in [4.78, 5) is 11.5. The Morgan fingerprint density at radius 3 is 2.50 bits per heavy atom. The fraction of sp³-hybridized carbons (Fsp3) is 0.562. The van der Waals surface area contributed by atoms with E-state index in [1.165, 1.54) is 5.56 Å². The Kier molecular flexibility index (Phi) is 8.31. The molecule has 4 heteroatoms. The van der Waals surface area contributed by atoms with Gasteiger partial charge in [-0.3, -0.25) is 4.79 Å². The smallest absolute Gasteiger partial charge is 0.221 e. The van der Waals surface area contributed by atoms with Crippen LogP contribution in [-0.4, -0.2) is 25.5 Å². The molecule has 0 heterocycles. The van der Waals surface area contributed by atoms with Crippen LogP contribution in [0.3, 0.4) is 0 Å². The molecule has 0 bridgehead atoms. The molecule has 0 spiro atoms. The molecule has 112 valence electrons. The van der Waals surface area contributed by atoms with E-state index in [1.807, 2.05) is 24.3 Å². The molecule has 1 aromatic rings. The summed E-state index contributed by atoms with van der Waals surface area (Å²) in [6.07, 6.45) is 2.53. The Morgan fingerprint density at radius 1 is 1.15 bits per heavy atom. The van der Waals surface area contributed by atoms with Crippen LogP contribution in [0.2, 0.25) is 5.02 Å². The van der Waals surface area contributed by atoms with Crippen molar-refractivity contribution < 1.29 is 4.79 Å². The number of amides is 1. The summed E-state index contributed by atoms with van der Waals surface area (Å²) in [6.45, 7) is 6.69. The number of carbonyl (C=O) groups is 1. The van der Waals surface area contributed by atoms with Crippen molar-refractivity contribution in [1.29, 1.82) is 0 Å². The van der Waals surface area contributed by atoms with Gasteiger partial charge >= 0.3 is 0 Å². The van der Waals surface area contributed by atoms with Gasteiger partial charge in [0.15, 0.2) is 0 Å². The molecule has 20 heavy (non-hydrogen) atoms. The third-order valence-electron chi connectivity index (χ3n) is 3.08. The van der Waals surface area contributed by atoms with Crippen molar-refractivity contribution in [3.8, 4) is 0 Å². The van der Waals surface area contributed by atoms with Gasteiger partial charge in [-0.1, -0.05) is 37.6 Å². The molecule has 0 saturated heterocycles. The molecular formula is C16H25ClN2O. The molecule has 2 N–H and O–H groups in total. The lowest BCUT2D eigenvalue weighted by Gasteiger charge is -2.08. The number of benzene rings is 1. The average molecular weight is 297 g/mol. The van der Waals surface area contributed by atoms with E-state index in [0.717, 1.165) is 37.5 Å². The number of carbonyl (C=O) groups excluding carboxylic acids is 1. The lowest BCUT2D eigenvalue weighted by molar-refractivity contribution is -0.121. The van der Waals surface area contributed by atoms with Crippen LogP contribution in [0.1, 0.15) is 32.3 Å². The van der Waals surface area contributed by atoms with E-state index in [-0.39, 0.29) is 5.91 Å². The third kappa shape index (κ3) is 8.18. The van der Waals surface area contributed by atoms with Crippen LogP contribution in [-0.2, 0) is 11.2 Å². The van der Waals surface area contributed by atoms with Gasteiger partial charge in [0.1, 0.15) is 0 Å². The summed E-state index contributed by atoms with van der Waals surface area (Å²) in [5, 5.41) is 6.98. The first-order valence-corrected chi connectivity index (χ1v) is 7.67. The molecule has 1 aromatic carbocycles. The number of halogens is 1. The summed E-state index contributed by atoms with van der Waals surface area (Å²) in [5.41, 5.74) is 1.25. The zero-order chi connectivity index (χ0) is 14.8. The first-order valence-electron chi connectivity index (χ1n) is 7.30. The van der Waals surface area contributed by atoms with Crippen molar-refractivity contribution in [3.05, 3.63) is 34.9 Å². The zero-order valence-corrected chi connectivity index (χ0v) is 13.2. The van der Waals surface area contributed by atoms with E-state index < -0.39 is 0 Å². The second kappa shape index (κ2) is 9.78. The lowest BCUT2D eigenvalue weighted by atomic mass is 10.1. The van der Waals surface area contributed by atoms with E-state index in [4.69, 9.17) is 11.6 Å². The monoisotopic (exact) mass is 296 g/mol. The second-order valence-corrected chi connectivity index (χ2v) is 5.85. The fourth-order valence-electron chi connectivity index (χ4n) is 1.80. The van der Waals surface area contributed by atoms with Gasteiger partial charge in [-0.05, 0) is 43.0 Å². The van der Waals surface area contributed by atoms with Gasteiger partial charge in [0.25, 0.3) is 0 Å². The minimum Gasteiger partial charge on any atom is -0.356 e. The summed E-state index contributed by atoms with van der Waals surface area (Å²) in [5.74, 6) is 0.762. The topological polar surface area (TPSA) is 41.1 Å². The van der Waals surface area contributed by atoms with Crippen molar-refractivity contribution in [2.75, 3.05) is 19.6 Å². The van der Waals surface area contributed by atoms with Crippen LogP contribution < -0.4 is 10.6 Å². The minimum absolute atomic E-state index is 0.129. The maximum atomic E-state index is 11.5. The minimum atomic E-state index is 0.129. The Bertz CT molecular complexity index is 390. The molecule has 0 atom stereocenters. The number of hydrogen-bond acceptors (Lipinski definition) is 2. The Hall–Kier alpha value is -1.06. The highest BCUT2D eigenvalue weighted by atomic mass is 35.5. The number of rotatable bonds is 9. The van der Waals surface area contributed by atoms with Crippen molar-refractivity contribution in [3.63, 3.8) is 0 Å². The predicted molar refractivity (Wildman–Crippen MR) is 85.1 cm³/mol. The van der Waals surface area contributed by atoms with Crippen molar-refractivity contribution >= 4 is 17.5 Å². The third-order valence-corrected chi connectivity index (χ3v) is 3.33. The van der Waals surface area contributed by atoms with Crippen LogP contribution in [0.25, 0.3) is 0 Å². The highest BCUT2D eigenvalue weighted by Crippen LogP contribution is 2.09.